The Bertz CT molecular complexity index is 1000. The van der Waals surface area contributed by atoms with E-state index in [1.807, 2.05) is 0 Å². The number of carbonyl (C=O) groups excluding carboxylic acids is 4. The summed E-state index contributed by atoms with van der Waals surface area (Å²) in [4.78, 5) is 41.5. The van der Waals surface area contributed by atoms with E-state index in [0.717, 1.165) is 35.8 Å². The van der Waals surface area contributed by atoms with Crippen LogP contribution < -0.4 is 0 Å². The van der Waals surface area contributed by atoms with Gasteiger partial charge in [-0.15, -0.1) is 0 Å². The van der Waals surface area contributed by atoms with Crippen molar-refractivity contribution in [1.29, 1.82) is 0 Å². The fourth-order valence-electron chi connectivity index (χ4n) is 4.54. The molecule has 2 bridgehead atoms. The molecule has 1 fully saturated rings. The van der Waals surface area contributed by atoms with Gasteiger partial charge in [0.2, 0.25) is 0 Å². The van der Waals surface area contributed by atoms with Gasteiger partial charge in [0.15, 0.2) is 0 Å². The first-order valence-corrected chi connectivity index (χ1v) is 12.5. The number of hydrogen-bond acceptors (Lipinski definition) is 11. The van der Waals surface area contributed by atoms with Crippen molar-refractivity contribution in [1.82, 2.24) is 0 Å². The van der Waals surface area contributed by atoms with Crippen LogP contribution in [0.2, 0.25) is 0 Å². The van der Waals surface area contributed by atoms with Crippen molar-refractivity contribution >= 4 is 23.9 Å². The molecule has 212 valence electrons. The minimum atomic E-state index is -0.579. The van der Waals surface area contributed by atoms with E-state index in [1.165, 1.54) is 12.8 Å². The molecule has 11 heteroatoms. The van der Waals surface area contributed by atoms with E-state index in [0.29, 0.717) is 24.3 Å². The number of rotatable bonds is 5. The average Bonchev–Trinajstić information content (AvgIpc) is 3.77. The molecule has 4 N–H and O–H groups in total. The van der Waals surface area contributed by atoms with Crippen LogP contribution in [0.3, 0.4) is 0 Å². The third-order valence-electron chi connectivity index (χ3n) is 6.14. The molecule has 3 aliphatic carbocycles. The highest BCUT2D eigenvalue weighted by molar-refractivity contribution is 6.14. The molecular weight excluding hydrogens is 512 g/mol. The minimum Gasteiger partial charge on any atom is -0.394 e. The number of aliphatic hydroxyl groups is 4. The Morgan fingerprint density at radius 1 is 0.718 bits per heavy atom. The van der Waals surface area contributed by atoms with Gasteiger partial charge in [0.1, 0.15) is 0 Å². The number of ether oxygens (including phenoxy) is 3. The predicted octanol–water partition coefficient (Wildman–Crippen LogP) is 0.966. The van der Waals surface area contributed by atoms with E-state index in [-0.39, 0.29) is 26.4 Å². The highest BCUT2D eigenvalue weighted by atomic mass is 16.6. The molecule has 0 amide bonds. The van der Waals surface area contributed by atoms with Crippen LogP contribution >= 0.6 is 0 Å². The Morgan fingerprint density at radius 2 is 1.26 bits per heavy atom. The second-order valence-corrected chi connectivity index (χ2v) is 8.66. The summed E-state index contributed by atoms with van der Waals surface area (Å²) in [6, 6.07) is 6.53. The summed E-state index contributed by atoms with van der Waals surface area (Å²) in [7, 11) is 0. The maximum atomic E-state index is 10.8. The van der Waals surface area contributed by atoms with E-state index in [2.05, 4.69) is 38.5 Å². The molecule has 1 aromatic carbocycles. The first kappa shape index (κ1) is 31.7. The summed E-state index contributed by atoms with van der Waals surface area (Å²) < 4.78 is 13.0. The Kier molecular flexibility index (Phi) is 14.0. The van der Waals surface area contributed by atoms with Gasteiger partial charge in [-0.2, -0.15) is 0 Å². The summed E-state index contributed by atoms with van der Waals surface area (Å²) in [5, 5.41) is 31.4. The third-order valence-corrected chi connectivity index (χ3v) is 6.14. The van der Waals surface area contributed by atoms with Crippen molar-refractivity contribution in [2.24, 2.45) is 23.7 Å². The molecule has 5 aliphatic rings. The Labute approximate surface area is 226 Å². The SMILES string of the molecule is C1=CC2C3C=CC(C3)C2C1.O=C1C=CC(=O)O1.O=C1OC(=O)c2ccccc21.OCCO.OCCOCCO. The van der Waals surface area contributed by atoms with Gasteiger partial charge in [-0.05, 0) is 48.6 Å². The lowest BCUT2D eigenvalue weighted by molar-refractivity contribution is -0.150. The Hall–Kier alpha value is -3.48. The summed E-state index contributed by atoms with van der Waals surface area (Å²) >= 11 is 0. The van der Waals surface area contributed by atoms with Crippen molar-refractivity contribution in [2.75, 3.05) is 39.6 Å². The maximum absolute atomic E-state index is 10.8. The zero-order valence-electron chi connectivity index (χ0n) is 21.4. The lowest BCUT2D eigenvalue weighted by atomic mass is 9.86. The molecular formula is C28H34O11. The predicted molar refractivity (Wildman–Crippen MR) is 137 cm³/mol. The monoisotopic (exact) mass is 546 g/mol. The van der Waals surface area contributed by atoms with Gasteiger partial charge in [-0.1, -0.05) is 36.4 Å². The highest BCUT2D eigenvalue weighted by Gasteiger charge is 2.44. The van der Waals surface area contributed by atoms with Crippen LogP contribution in [0.1, 0.15) is 33.6 Å². The number of carbonyl (C=O) groups is 4. The average molecular weight is 547 g/mol. The van der Waals surface area contributed by atoms with E-state index in [9.17, 15) is 19.2 Å². The van der Waals surface area contributed by atoms with Gasteiger partial charge < -0.3 is 34.6 Å². The van der Waals surface area contributed by atoms with Gasteiger partial charge in [-0.25, -0.2) is 19.2 Å². The lowest BCUT2D eigenvalue weighted by Crippen LogP contribution is -2.12. The van der Waals surface area contributed by atoms with Crippen LogP contribution in [0, 0.1) is 23.7 Å². The maximum Gasteiger partial charge on any atom is 0.346 e. The third kappa shape index (κ3) is 9.97. The molecule has 2 heterocycles. The molecule has 39 heavy (non-hydrogen) atoms. The quantitative estimate of drug-likeness (QED) is 0.179. The largest absolute Gasteiger partial charge is 0.394 e. The van der Waals surface area contributed by atoms with Crippen LogP contribution in [0.25, 0.3) is 0 Å². The highest BCUT2D eigenvalue weighted by Crippen LogP contribution is 2.52. The zero-order valence-corrected chi connectivity index (χ0v) is 21.4. The molecule has 0 aromatic heterocycles. The topological polar surface area (TPSA) is 177 Å². The van der Waals surface area contributed by atoms with Crippen LogP contribution in [0.5, 0.6) is 0 Å². The van der Waals surface area contributed by atoms with E-state index in [1.54, 1.807) is 24.3 Å². The molecule has 0 saturated heterocycles. The van der Waals surface area contributed by atoms with Crippen molar-refractivity contribution in [3.8, 4) is 0 Å². The Morgan fingerprint density at radius 3 is 1.69 bits per heavy atom. The second-order valence-electron chi connectivity index (χ2n) is 8.66. The van der Waals surface area contributed by atoms with E-state index < -0.39 is 23.9 Å². The Balaban J connectivity index is 0.000000178. The summed E-state index contributed by atoms with van der Waals surface area (Å²) in [5.74, 6) is 1.56. The number of allylic oxidation sites excluding steroid dienone is 4. The van der Waals surface area contributed by atoms with Gasteiger partial charge in [0.05, 0.1) is 50.8 Å². The molecule has 2 aliphatic heterocycles. The van der Waals surface area contributed by atoms with Crippen molar-refractivity contribution in [3.05, 3.63) is 71.8 Å². The molecule has 1 saturated carbocycles. The number of benzene rings is 1. The van der Waals surface area contributed by atoms with E-state index >= 15 is 0 Å². The van der Waals surface area contributed by atoms with Crippen LogP contribution in [-0.2, 0) is 23.8 Å². The first-order chi connectivity index (χ1) is 18.9. The van der Waals surface area contributed by atoms with E-state index in [4.69, 9.17) is 20.4 Å². The summed E-state index contributed by atoms with van der Waals surface area (Å²) in [6.07, 6.45) is 14.7. The second kappa shape index (κ2) is 17.2. The van der Waals surface area contributed by atoms with Gasteiger partial charge in [0, 0.05) is 12.2 Å². The van der Waals surface area contributed by atoms with Crippen molar-refractivity contribution < 1.29 is 53.8 Å². The molecule has 4 unspecified atom stereocenters. The van der Waals surface area contributed by atoms with Crippen molar-refractivity contribution in [3.63, 3.8) is 0 Å². The molecule has 6 rings (SSSR count). The zero-order chi connectivity index (χ0) is 28.6. The van der Waals surface area contributed by atoms with Gasteiger partial charge >= 0.3 is 23.9 Å². The number of fused-ring (bicyclic) bond motifs is 6. The number of esters is 4. The molecule has 4 atom stereocenters. The minimum absolute atomic E-state index is 0.0278. The molecule has 0 spiro atoms. The lowest BCUT2D eigenvalue weighted by Gasteiger charge is -2.18. The fraction of sp³-hybridized carbons (Fsp3) is 0.429. The first-order valence-electron chi connectivity index (χ1n) is 12.5. The summed E-state index contributed by atoms with van der Waals surface area (Å²) in [6.45, 7) is 0.446. The number of hydrogen-bond donors (Lipinski definition) is 4. The van der Waals surface area contributed by atoms with Crippen molar-refractivity contribution in [2.45, 2.75) is 12.8 Å². The van der Waals surface area contributed by atoms with Gasteiger partial charge in [-0.3, -0.25) is 0 Å². The molecule has 1 aromatic rings. The molecule has 11 nitrogen and oxygen atoms in total. The van der Waals surface area contributed by atoms with Crippen LogP contribution in [-0.4, -0.2) is 83.9 Å². The standard InChI is InChI=1S/C10H12.C8H4O3.C4H2O3.C4H10O3.C2H6O2/c1-2-9-7-4-5-8(6-7)10(9)3-1;9-7-5-3-1-2-4-6(5)8(10)11-7;5-3-1-2-4(6)7-3;5-1-3-7-4-2-6;3-1-2-4/h1-2,4-5,7-10H,3,6H2;1-4H;1-2H;5-6H,1-4H2;3-4H,1-2H2. The number of aliphatic hydroxyl groups excluding tert-OH is 4. The smallest absolute Gasteiger partial charge is 0.346 e. The summed E-state index contributed by atoms with van der Waals surface area (Å²) in [5.41, 5.74) is 0.718. The van der Waals surface area contributed by atoms with Gasteiger partial charge in [0.25, 0.3) is 0 Å². The van der Waals surface area contributed by atoms with Crippen LogP contribution in [0.15, 0.2) is 60.7 Å². The number of cyclic esters (lactones) is 4. The fourth-order valence-corrected chi connectivity index (χ4v) is 4.54. The van der Waals surface area contributed by atoms with Crippen LogP contribution in [0.4, 0.5) is 0 Å². The molecule has 0 radical (unpaired) electrons. The normalized spacial score (nSPS) is 23.7.